The molecule has 0 aromatic heterocycles. The molecule has 92 valence electrons. The Kier molecular flexibility index (Phi) is 3.98. The first-order chi connectivity index (χ1) is 7.31. The molecule has 1 heteroatoms. The zero-order valence-electron chi connectivity index (χ0n) is 11.7. The van der Waals surface area contributed by atoms with E-state index in [0.717, 1.165) is 24.8 Å². The van der Waals surface area contributed by atoms with Crippen LogP contribution in [0, 0.1) is 17.3 Å². The number of ketones is 1. The second-order valence-electron chi connectivity index (χ2n) is 6.14. The topological polar surface area (TPSA) is 17.1 Å². The molecule has 16 heavy (non-hydrogen) atoms. The third-order valence-electron chi connectivity index (χ3n) is 4.44. The van der Waals surface area contributed by atoms with E-state index in [-0.39, 0.29) is 5.41 Å². The third-order valence-corrected chi connectivity index (χ3v) is 4.44. The Labute approximate surface area is 100 Å². The van der Waals surface area contributed by atoms with Crippen LogP contribution in [0.3, 0.4) is 0 Å². The maximum absolute atomic E-state index is 12.1. The molecule has 1 nitrogen and oxygen atoms in total. The van der Waals surface area contributed by atoms with Gasteiger partial charge in [0.1, 0.15) is 0 Å². The predicted molar refractivity (Wildman–Crippen MR) is 69.3 cm³/mol. The van der Waals surface area contributed by atoms with Crippen molar-refractivity contribution in [1.29, 1.82) is 0 Å². The van der Waals surface area contributed by atoms with Crippen LogP contribution in [-0.4, -0.2) is 5.78 Å². The van der Waals surface area contributed by atoms with Crippen LogP contribution in [0.15, 0.2) is 11.1 Å². The summed E-state index contributed by atoms with van der Waals surface area (Å²) < 4.78 is 0. The zero-order valence-corrected chi connectivity index (χ0v) is 11.7. The Bertz CT molecular complexity index is 307. The van der Waals surface area contributed by atoms with Crippen molar-refractivity contribution in [3.63, 3.8) is 0 Å². The van der Waals surface area contributed by atoms with Crippen LogP contribution in [0.25, 0.3) is 0 Å². The number of carbonyl (C=O) groups excluding carboxylic acids is 1. The predicted octanol–water partition coefficient (Wildman–Crippen LogP) is 4.37. The summed E-state index contributed by atoms with van der Waals surface area (Å²) in [5, 5.41) is 0. The highest BCUT2D eigenvalue weighted by Crippen LogP contribution is 2.47. The number of hydrogen-bond donors (Lipinski definition) is 0. The van der Waals surface area contributed by atoms with Gasteiger partial charge in [-0.15, -0.1) is 0 Å². The van der Waals surface area contributed by atoms with E-state index in [1.54, 1.807) is 0 Å². The lowest BCUT2D eigenvalue weighted by molar-refractivity contribution is -0.121. The average Bonchev–Trinajstić information content (AvgIpc) is 2.16. The number of rotatable bonds is 2. The van der Waals surface area contributed by atoms with E-state index in [1.807, 2.05) is 0 Å². The van der Waals surface area contributed by atoms with Crippen LogP contribution in [-0.2, 0) is 4.79 Å². The second kappa shape index (κ2) is 4.73. The van der Waals surface area contributed by atoms with Crippen molar-refractivity contribution >= 4 is 5.78 Å². The van der Waals surface area contributed by atoms with Crippen molar-refractivity contribution in [3.05, 3.63) is 11.1 Å². The number of carbonyl (C=O) groups is 1. The Morgan fingerprint density at radius 1 is 1.44 bits per heavy atom. The van der Waals surface area contributed by atoms with E-state index in [9.17, 15) is 4.79 Å². The fourth-order valence-corrected chi connectivity index (χ4v) is 3.10. The highest BCUT2D eigenvalue weighted by molar-refractivity contribution is 5.97. The quantitative estimate of drug-likeness (QED) is 0.634. The smallest absolute Gasteiger partial charge is 0.159 e. The fraction of sp³-hybridized carbons (Fsp3) is 0.800. The molecule has 0 N–H and O–H groups in total. The van der Waals surface area contributed by atoms with Crippen molar-refractivity contribution in [3.8, 4) is 0 Å². The number of allylic oxidation sites excluding steroid dienone is 2. The summed E-state index contributed by atoms with van der Waals surface area (Å²) in [5.41, 5.74) is 2.53. The van der Waals surface area contributed by atoms with Gasteiger partial charge in [-0.1, -0.05) is 39.7 Å². The zero-order chi connectivity index (χ0) is 12.5. The SMILES string of the molecule is CCC1(C)CC(=O)C(=C(C)C)CC1C(C)C. The van der Waals surface area contributed by atoms with Gasteiger partial charge in [-0.05, 0) is 43.1 Å². The Balaban J connectivity index is 3.06. The van der Waals surface area contributed by atoms with Gasteiger partial charge < -0.3 is 0 Å². The molecular formula is C15H26O. The van der Waals surface area contributed by atoms with E-state index < -0.39 is 0 Å². The Morgan fingerprint density at radius 2 is 2.00 bits per heavy atom. The first-order valence-electron chi connectivity index (χ1n) is 6.51. The molecule has 1 rings (SSSR count). The largest absolute Gasteiger partial charge is 0.295 e. The van der Waals surface area contributed by atoms with E-state index in [4.69, 9.17) is 0 Å². The minimum atomic E-state index is 0.212. The van der Waals surface area contributed by atoms with Gasteiger partial charge in [-0.25, -0.2) is 0 Å². The molecule has 1 aliphatic carbocycles. The van der Waals surface area contributed by atoms with Gasteiger partial charge in [0.05, 0.1) is 0 Å². The summed E-state index contributed by atoms with van der Waals surface area (Å²) in [7, 11) is 0. The average molecular weight is 222 g/mol. The summed E-state index contributed by atoms with van der Waals surface area (Å²) in [4.78, 5) is 12.1. The molecule has 1 fully saturated rings. The van der Waals surface area contributed by atoms with Gasteiger partial charge in [0.15, 0.2) is 5.78 Å². The van der Waals surface area contributed by atoms with Crippen LogP contribution >= 0.6 is 0 Å². The molecule has 0 amide bonds. The molecule has 2 unspecified atom stereocenters. The first kappa shape index (κ1) is 13.5. The summed E-state index contributed by atoms with van der Waals surface area (Å²) in [5.74, 6) is 1.70. The maximum Gasteiger partial charge on any atom is 0.159 e. The van der Waals surface area contributed by atoms with E-state index in [1.165, 1.54) is 5.57 Å². The minimum Gasteiger partial charge on any atom is -0.295 e. The summed E-state index contributed by atoms with van der Waals surface area (Å²) in [6, 6.07) is 0. The first-order valence-corrected chi connectivity index (χ1v) is 6.51. The fourth-order valence-electron chi connectivity index (χ4n) is 3.10. The van der Waals surface area contributed by atoms with Gasteiger partial charge in [0.25, 0.3) is 0 Å². The van der Waals surface area contributed by atoms with Crippen LogP contribution < -0.4 is 0 Å². The van der Waals surface area contributed by atoms with Gasteiger partial charge in [-0.2, -0.15) is 0 Å². The van der Waals surface area contributed by atoms with Crippen LogP contribution in [0.5, 0.6) is 0 Å². The standard InChI is InChI=1S/C15H26O/c1-7-15(6)9-14(16)12(10(2)3)8-13(15)11(4)5/h11,13H,7-9H2,1-6H3. The van der Waals surface area contributed by atoms with Crippen molar-refractivity contribution in [2.24, 2.45) is 17.3 Å². The summed E-state index contributed by atoms with van der Waals surface area (Å²) >= 11 is 0. The molecule has 0 radical (unpaired) electrons. The third kappa shape index (κ3) is 2.39. The van der Waals surface area contributed by atoms with Gasteiger partial charge in [0.2, 0.25) is 0 Å². The molecule has 0 heterocycles. The van der Waals surface area contributed by atoms with Crippen molar-refractivity contribution in [2.75, 3.05) is 0 Å². The van der Waals surface area contributed by atoms with Crippen LogP contribution in [0.1, 0.15) is 60.8 Å². The summed E-state index contributed by atoms with van der Waals surface area (Å²) in [6.07, 6.45) is 2.84. The monoisotopic (exact) mass is 222 g/mol. The molecule has 0 saturated heterocycles. The molecule has 0 aromatic carbocycles. The van der Waals surface area contributed by atoms with Crippen molar-refractivity contribution in [2.45, 2.75) is 60.8 Å². The Morgan fingerprint density at radius 3 is 2.38 bits per heavy atom. The summed E-state index contributed by atoms with van der Waals surface area (Å²) in [6.45, 7) is 13.2. The molecule has 0 aliphatic heterocycles. The van der Waals surface area contributed by atoms with Gasteiger partial charge >= 0.3 is 0 Å². The normalized spacial score (nSPS) is 31.1. The lowest BCUT2D eigenvalue weighted by Crippen LogP contribution is -2.38. The molecular weight excluding hydrogens is 196 g/mol. The van der Waals surface area contributed by atoms with Gasteiger partial charge in [0, 0.05) is 6.42 Å². The second-order valence-corrected chi connectivity index (χ2v) is 6.14. The molecule has 0 spiro atoms. The van der Waals surface area contributed by atoms with Crippen molar-refractivity contribution in [1.82, 2.24) is 0 Å². The van der Waals surface area contributed by atoms with E-state index in [0.29, 0.717) is 17.6 Å². The van der Waals surface area contributed by atoms with E-state index in [2.05, 4.69) is 41.5 Å². The molecule has 0 aromatic rings. The van der Waals surface area contributed by atoms with Gasteiger partial charge in [-0.3, -0.25) is 4.79 Å². The Hall–Kier alpha value is -0.590. The highest BCUT2D eigenvalue weighted by atomic mass is 16.1. The number of Topliss-reactive ketones (excluding diaryl/α,β-unsaturated/α-hetero) is 1. The van der Waals surface area contributed by atoms with Crippen LogP contribution in [0.4, 0.5) is 0 Å². The minimum absolute atomic E-state index is 0.212. The van der Waals surface area contributed by atoms with Crippen molar-refractivity contribution < 1.29 is 4.79 Å². The highest BCUT2D eigenvalue weighted by Gasteiger charge is 2.42. The lowest BCUT2D eigenvalue weighted by Gasteiger charge is -2.44. The van der Waals surface area contributed by atoms with E-state index >= 15 is 0 Å². The van der Waals surface area contributed by atoms with Crippen LogP contribution in [0.2, 0.25) is 0 Å². The lowest BCUT2D eigenvalue weighted by atomic mass is 9.60. The molecule has 1 aliphatic rings. The molecule has 0 bridgehead atoms. The molecule has 2 atom stereocenters. The number of hydrogen-bond acceptors (Lipinski definition) is 1. The molecule has 1 saturated carbocycles. The maximum atomic E-state index is 12.1.